The molecule has 1 atom stereocenters. The average Bonchev–Trinajstić information content (AvgIpc) is 3.89. The van der Waals surface area contributed by atoms with Crippen LogP contribution in [0.3, 0.4) is 0 Å². The fraction of sp³-hybridized carbons (Fsp3) is 0.368. The van der Waals surface area contributed by atoms with Crippen molar-refractivity contribution in [1.29, 1.82) is 0 Å². The molecule has 0 bridgehead atoms. The number of rotatable bonds is 10. The van der Waals surface area contributed by atoms with Gasteiger partial charge in [-0.1, -0.05) is 12.1 Å². The number of carbonyl (C=O) groups is 2. The molecule has 5 aromatic rings. The van der Waals surface area contributed by atoms with Crippen molar-refractivity contribution in [3.63, 3.8) is 0 Å². The predicted octanol–water partition coefficient (Wildman–Crippen LogP) is 5.34. The van der Waals surface area contributed by atoms with Gasteiger partial charge in [0.25, 0.3) is 0 Å². The number of aryl methyl sites for hydroxylation is 1. The number of H-pyrrole nitrogens is 1. The number of aromatic amines is 1. The van der Waals surface area contributed by atoms with Gasteiger partial charge in [0.1, 0.15) is 17.8 Å². The van der Waals surface area contributed by atoms with E-state index in [1.165, 1.54) is 6.07 Å². The van der Waals surface area contributed by atoms with Gasteiger partial charge in [0.05, 0.1) is 29.6 Å². The Morgan fingerprint density at radius 3 is 2.61 bits per heavy atom. The van der Waals surface area contributed by atoms with Crippen LogP contribution in [-0.2, 0) is 16.6 Å². The van der Waals surface area contributed by atoms with Gasteiger partial charge in [-0.25, -0.2) is 14.4 Å². The van der Waals surface area contributed by atoms with Crippen LogP contribution < -0.4 is 9.64 Å². The number of nitrogens with one attached hydrogen (secondary N) is 1. The fourth-order valence-corrected chi connectivity index (χ4v) is 6.89. The molecule has 0 saturated carbocycles. The van der Waals surface area contributed by atoms with Crippen LogP contribution in [0, 0.1) is 11.7 Å². The molecule has 264 valence electrons. The topological polar surface area (TPSA) is 125 Å². The van der Waals surface area contributed by atoms with Crippen LogP contribution in [0.5, 0.6) is 5.88 Å². The second-order valence-corrected chi connectivity index (χ2v) is 13.4. The van der Waals surface area contributed by atoms with Crippen LogP contribution in [-0.4, -0.2) is 96.9 Å². The number of hydrogen-bond acceptors (Lipinski definition) is 8. The number of fused-ring (bicyclic) bond motifs is 1. The number of likely N-dealkylation sites (tertiary alicyclic amines) is 1. The van der Waals surface area contributed by atoms with E-state index in [0.29, 0.717) is 62.8 Å². The van der Waals surface area contributed by atoms with Crippen molar-refractivity contribution in [3.05, 3.63) is 78.5 Å². The van der Waals surface area contributed by atoms with Gasteiger partial charge in [-0.15, -0.1) is 0 Å². The van der Waals surface area contributed by atoms with Gasteiger partial charge in [-0.3, -0.25) is 24.3 Å². The van der Waals surface area contributed by atoms with Crippen LogP contribution in [0.15, 0.2) is 67.1 Å². The lowest BCUT2D eigenvalue weighted by Crippen LogP contribution is -2.42. The summed E-state index contributed by atoms with van der Waals surface area (Å²) in [5, 5.41) is 12.7. The summed E-state index contributed by atoms with van der Waals surface area (Å²) in [7, 11) is 1.74. The van der Waals surface area contributed by atoms with E-state index in [-0.39, 0.29) is 36.2 Å². The molecule has 0 spiro atoms. The first kappa shape index (κ1) is 34.0. The molecular weight excluding hydrogens is 649 g/mol. The first-order chi connectivity index (χ1) is 24.7. The number of ether oxygens (including phenoxy) is 1. The molecule has 12 nitrogen and oxygen atoms in total. The van der Waals surface area contributed by atoms with Gasteiger partial charge < -0.3 is 14.5 Å². The highest BCUT2D eigenvalue weighted by Gasteiger charge is 2.33. The molecule has 0 aliphatic carbocycles. The van der Waals surface area contributed by atoms with Gasteiger partial charge in [0.15, 0.2) is 5.82 Å². The highest BCUT2D eigenvalue weighted by molar-refractivity contribution is 6.00. The van der Waals surface area contributed by atoms with Crippen molar-refractivity contribution in [2.24, 2.45) is 13.0 Å². The lowest BCUT2D eigenvalue weighted by Gasteiger charge is -2.29. The number of carbonyl (C=O) groups excluding carboxylic acids is 2. The number of hydrogen-bond donors (Lipinski definition) is 1. The van der Waals surface area contributed by atoms with Gasteiger partial charge in [0.2, 0.25) is 17.7 Å². The Morgan fingerprint density at radius 1 is 1.08 bits per heavy atom. The quantitative estimate of drug-likeness (QED) is 0.208. The zero-order valence-corrected chi connectivity index (χ0v) is 29.3. The smallest absolute Gasteiger partial charge is 0.237 e. The normalized spacial score (nSPS) is 16.5. The van der Waals surface area contributed by atoms with Crippen molar-refractivity contribution in [2.45, 2.75) is 39.7 Å². The molecule has 1 saturated heterocycles. The molecule has 1 fully saturated rings. The minimum atomic E-state index is -0.374. The second kappa shape index (κ2) is 14.4. The molecule has 2 aliphatic rings. The number of nitrogens with zero attached hydrogens (tertiary/aromatic N) is 8. The van der Waals surface area contributed by atoms with Gasteiger partial charge in [0, 0.05) is 62.1 Å². The zero-order chi connectivity index (χ0) is 35.6. The number of anilines is 1. The van der Waals surface area contributed by atoms with Crippen molar-refractivity contribution in [3.8, 4) is 28.5 Å². The molecule has 51 heavy (non-hydrogen) atoms. The van der Waals surface area contributed by atoms with Gasteiger partial charge >= 0.3 is 0 Å². The summed E-state index contributed by atoms with van der Waals surface area (Å²) in [6.07, 6.45) is 6.65. The number of aromatic nitrogens is 6. The second-order valence-electron chi connectivity index (χ2n) is 13.4. The first-order valence-corrected chi connectivity index (χ1v) is 17.4. The molecule has 0 radical (unpaired) electrons. The Balaban J connectivity index is 0.959. The van der Waals surface area contributed by atoms with E-state index in [1.807, 2.05) is 73.0 Å². The monoisotopic (exact) mass is 691 g/mol. The third kappa shape index (κ3) is 7.25. The van der Waals surface area contributed by atoms with Crippen molar-refractivity contribution < 1.29 is 18.7 Å². The Bertz CT molecular complexity index is 2090. The molecule has 1 unspecified atom stereocenters. The average molecular weight is 692 g/mol. The summed E-state index contributed by atoms with van der Waals surface area (Å²) >= 11 is 0. The van der Waals surface area contributed by atoms with Crippen LogP contribution >= 0.6 is 0 Å². The molecule has 5 heterocycles. The van der Waals surface area contributed by atoms with E-state index < -0.39 is 0 Å². The summed E-state index contributed by atoms with van der Waals surface area (Å²) in [4.78, 5) is 41.5. The summed E-state index contributed by atoms with van der Waals surface area (Å²) in [6, 6.07) is 14.8. The molecule has 13 heteroatoms. The number of amides is 2. The summed E-state index contributed by atoms with van der Waals surface area (Å²) < 4.78 is 22.2. The lowest BCUT2D eigenvalue weighted by atomic mass is 9.98. The fourth-order valence-electron chi connectivity index (χ4n) is 6.89. The van der Waals surface area contributed by atoms with Crippen LogP contribution in [0.25, 0.3) is 39.1 Å². The molecule has 2 aromatic carbocycles. The Hall–Kier alpha value is -5.43. The van der Waals surface area contributed by atoms with E-state index in [4.69, 9.17) is 4.74 Å². The minimum absolute atomic E-state index is 0.0319. The minimum Gasteiger partial charge on any atom is -0.475 e. The molecular formula is C38H42FN9O3. The van der Waals surface area contributed by atoms with E-state index in [9.17, 15) is 14.0 Å². The standard InChI is InChI=1S/C38H42FN9O3/c1-5-48(29-8-10-33-31(19-29)36(43-42-33)27-7-11-34(40-20-27)51-24(2)3)38(50)28-12-15-46(21-28)22-35(49)47-16-13-25(14-17-47)26-6-9-30(32(39)18-26)37-41-23-45(4)44-37/h6-11,13,18-20,23-24,28H,5,12,14-17,21-22H2,1-4H3,(H,42,43). The SMILES string of the molecule is CCN(C(=O)C1CCN(CC(=O)N2CC=C(c3ccc(-c4ncn(C)n4)c(F)c3)CC2)C1)c1ccc2[nH]nc(-c3ccc(OC(C)C)nc3)c2c1. The highest BCUT2D eigenvalue weighted by Crippen LogP contribution is 2.32. The Kier molecular flexibility index (Phi) is 9.63. The maximum atomic E-state index is 14.9. The third-order valence-electron chi connectivity index (χ3n) is 9.53. The lowest BCUT2D eigenvalue weighted by molar-refractivity contribution is -0.132. The van der Waals surface area contributed by atoms with E-state index in [0.717, 1.165) is 39.0 Å². The Morgan fingerprint density at radius 2 is 1.92 bits per heavy atom. The number of benzene rings is 2. The van der Waals surface area contributed by atoms with E-state index in [1.54, 1.807) is 30.3 Å². The molecule has 1 N–H and O–H groups in total. The summed E-state index contributed by atoms with van der Waals surface area (Å²) in [6.45, 7) is 8.90. The summed E-state index contributed by atoms with van der Waals surface area (Å²) in [5.74, 6) is 0.410. The Labute approximate surface area is 295 Å². The first-order valence-electron chi connectivity index (χ1n) is 17.4. The third-order valence-corrected chi connectivity index (χ3v) is 9.53. The summed E-state index contributed by atoms with van der Waals surface area (Å²) in [5.41, 5.74) is 5.45. The number of halogens is 1. The predicted molar refractivity (Wildman–Crippen MR) is 193 cm³/mol. The zero-order valence-electron chi connectivity index (χ0n) is 29.3. The molecule has 7 rings (SSSR count). The van der Waals surface area contributed by atoms with Crippen molar-refractivity contribution >= 4 is 34.0 Å². The molecule has 2 aliphatic heterocycles. The van der Waals surface area contributed by atoms with Crippen LogP contribution in [0.1, 0.15) is 39.2 Å². The van der Waals surface area contributed by atoms with E-state index >= 15 is 0 Å². The van der Waals surface area contributed by atoms with Gasteiger partial charge in [-0.2, -0.15) is 10.2 Å². The van der Waals surface area contributed by atoms with Crippen molar-refractivity contribution in [2.75, 3.05) is 44.2 Å². The van der Waals surface area contributed by atoms with E-state index in [2.05, 4.69) is 30.2 Å². The molecule has 3 aromatic heterocycles. The largest absolute Gasteiger partial charge is 0.475 e. The maximum absolute atomic E-state index is 14.9. The van der Waals surface area contributed by atoms with Crippen LogP contribution in [0.2, 0.25) is 0 Å². The molecule has 2 amide bonds. The van der Waals surface area contributed by atoms with Crippen LogP contribution in [0.4, 0.5) is 10.1 Å². The highest BCUT2D eigenvalue weighted by atomic mass is 19.1. The van der Waals surface area contributed by atoms with Gasteiger partial charge in [-0.05, 0) is 87.7 Å². The van der Waals surface area contributed by atoms with Crippen molar-refractivity contribution in [1.82, 2.24) is 39.7 Å². The maximum Gasteiger partial charge on any atom is 0.237 e. The number of pyridine rings is 1.